The van der Waals surface area contributed by atoms with E-state index in [9.17, 15) is 4.79 Å². The summed E-state index contributed by atoms with van der Waals surface area (Å²) in [6.45, 7) is 7.63. The quantitative estimate of drug-likeness (QED) is 0.728. The van der Waals surface area contributed by atoms with E-state index in [1.807, 2.05) is 6.92 Å². The highest BCUT2D eigenvalue weighted by Crippen LogP contribution is 2.31. The largest absolute Gasteiger partial charge is 0.469 e. The second kappa shape index (κ2) is 6.23. The van der Waals surface area contributed by atoms with E-state index in [1.54, 1.807) is 0 Å². The molecule has 0 aromatic rings. The average molecular weight is 268 g/mol. The van der Waals surface area contributed by atoms with E-state index in [0.717, 1.165) is 25.0 Å². The Morgan fingerprint density at radius 1 is 1.26 bits per heavy atom. The summed E-state index contributed by atoms with van der Waals surface area (Å²) in [5, 5.41) is 0. The van der Waals surface area contributed by atoms with Crippen LogP contribution in [0.4, 0.5) is 0 Å². The van der Waals surface area contributed by atoms with Gasteiger partial charge in [-0.25, -0.2) is 0 Å². The van der Waals surface area contributed by atoms with E-state index in [0.29, 0.717) is 0 Å². The Kier molecular flexibility index (Phi) is 4.85. The first kappa shape index (κ1) is 14.8. The van der Waals surface area contributed by atoms with Crippen LogP contribution in [0.2, 0.25) is 0 Å². The molecule has 0 aromatic heterocycles. The molecular formula is C15H28N2O2. The summed E-state index contributed by atoms with van der Waals surface area (Å²) in [7, 11) is 3.74. The topological polar surface area (TPSA) is 32.8 Å². The van der Waals surface area contributed by atoms with Crippen LogP contribution >= 0.6 is 0 Å². The van der Waals surface area contributed by atoms with Crippen molar-refractivity contribution in [3.05, 3.63) is 0 Å². The number of rotatable bonds is 3. The van der Waals surface area contributed by atoms with Gasteiger partial charge in [-0.05, 0) is 52.2 Å². The standard InChI is InChI=1S/C15H28N2O2/c1-11(15(18)19-4)12(2)17-9-7-14-13(10-17)6-5-8-16(14)3/h11-14H,5-10H2,1-4H3. The zero-order chi connectivity index (χ0) is 14.0. The van der Waals surface area contributed by atoms with Gasteiger partial charge in [0.05, 0.1) is 13.0 Å². The summed E-state index contributed by atoms with van der Waals surface area (Å²) in [4.78, 5) is 16.7. The second-order valence-electron chi connectivity index (χ2n) is 6.29. The number of carbonyl (C=O) groups excluding carboxylic acids is 1. The van der Waals surface area contributed by atoms with E-state index in [4.69, 9.17) is 4.74 Å². The third-order valence-corrected chi connectivity index (χ3v) is 5.25. The molecule has 2 heterocycles. The number of likely N-dealkylation sites (tertiary alicyclic amines) is 2. The minimum Gasteiger partial charge on any atom is -0.469 e. The summed E-state index contributed by atoms with van der Waals surface area (Å²) in [5.41, 5.74) is 0. The molecule has 110 valence electrons. The highest BCUT2D eigenvalue weighted by molar-refractivity contribution is 5.72. The molecule has 2 aliphatic heterocycles. The predicted molar refractivity (Wildman–Crippen MR) is 76.0 cm³/mol. The monoisotopic (exact) mass is 268 g/mol. The Labute approximate surface area is 117 Å². The minimum atomic E-state index is -0.0876. The lowest BCUT2D eigenvalue weighted by atomic mass is 9.83. The van der Waals surface area contributed by atoms with Crippen LogP contribution in [0, 0.1) is 11.8 Å². The fourth-order valence-electron chi connectivity index (χ4n) is 3.75. The van der Waals surface area contributed by atoms with Gasteiger partial charge in [-0.3, -0.25) is 9.69 Å². The summed E-state index contributed by atoms with van der Waals surface area (Å²) < 4.78 is 4.87. The van der Waals surface area contributed by atoms with E-state index >= 15 is 0 Å². The Morgan fingerprint density at radius 3 is 2.68 bits per heavy atom. The lowest BCUT2D eigenvalue weighted by Crippen LogP contribution is -2.55. The molecule has 0 saturated carbocycles. The molecule has 2 aliphatic rings. The molecule has 0 aliphatic carbocycles. The first-order chi connectivity index (χ1) is 9.04. The Morgan fingerprint density at radius 2 is 2.00 bits per heavy atom. The molecule has 2 saturated heterocycles. The van der Waals surface area contributed by atoms with Crippen LogP contribution in [0.1, 0.15) is 33.1 Å². The van der Waals surface area contributed by atoms with E-state index in [2.05, 4.69) is 23.8 Å². The second-order valence-corrected chi connectivity index (χ2v) is 6.29. The molecule has 0 N–H and O–H groups in total. The number of methoxy groups -OCH3 is 1. The third kappa shape index (κ3) is 3.11. The summed E-state index contributed by atoms with van der Waals surface area (Å²) in [6.07, 6.45) is 3.89. The zero-order valence-corrected chi connectivity index (χ0v) is 12.8. The average Bonchev–Trinajstić information content (AvgIpc) is 2.44. The van der Waals surface area contributed by atoms with Crippen molar-refractivity contribution in [3.63, 3.8) is 0 Å². The van der Waals surface area contributed by atoms with Crippen LogP contribution in [0.15, 0.2) is 0 Å². The lowest BCUT2D eigenvalue weighted by Gasteiger charge is -2.48. The van der Waals surface area contributed by atoms with Gasteiger partial charge in [-0.2, -0.15) is 0 Å². The van der Waals surface area contributed by atoms with Gasteiger partial charge in [0.25, 0.3) is 0 Å². The van der Waals surface area contributed by atoms with E-state index in [-0.39, 0.29) is 17.9 Å². The van der Waals surface area contributed by atoms with Crippen LogP contribution in [-0.4, -0.2) is 61.6 Å². The van der Waals surface area contributed by atoms with Crippen molar-refractivity contribution in [2.75, 3.05) is 33.8 Å². The molecule has 4 unspecified atom stereocenters. The molecule has 0 spiro atoms. The smallest absolute Gasteiger partial charge is 0.309 e. The van der Waals surface area contributed by atoms with E-state index in [1.165, 1.54) is 32.9 Å². The van der Waals surface area contributed by atoms with Crippen molar-refractivity contribution in [1.82, 2.24) is 9.80 Å². The predicted octanol–water partition coefficient (Wildman–Crippen LogP) is 1.60. The molecule has 0 bridgehead atoms. The van der Waals surface area contributed by atoms with Crippen molar-refractivity contribution in [1.29, 1.82) is 0 Å². The summed E-state index contributed by atoms with van der Waals surface area (Å²) in [5.74, 6) is 0.651. The van der Waals surface area contributed by atoms with Gasteiger partial charge in [0.15, 0.2) is 0 Å². The molecule has 0 amide bonds. The third-order valence-electron chi connectivity index (χ3n) is 5.25. The molecule has 4 nitrogen and oxygen atoms in total. The van der Waals surface area contributed by atoms with Crippen LogP contribution in [0.5, 0.6) is 0 Å². The maximum absolute atomic E-state index is 11.7. The molecule has 4 atom stereocenters. The normalized spacial score (nSPS) is 32.4. The summed E-state index contributed by atoms with van der Waals surface area (Å²) >= 11 is 0. The van der Waals surface area contributed by atoms with Crippen molar-refractivity contribution >= 4 is 5.97 Å². The van der Waals surface area contributed by atoms with Crippen molar-refractivity contribution < 1.29 is 9.53 Å². The first-order valence-electron chi connectivity index (χ1n) is 7.56. The SMILES string of the molecule is COC(=O)C(C)C(C)N1CCC2C(CCCN2C)C1. The fourth-order valence-corrected chi connectivity index (χ4v) is 3.75. The number of piperidine rings is 2. The maximum atomic E-state index is 11.7. The van der Waals surface area contributed by atoms with Gasteiger partial charge in [0.2, 0.25) is 0 Å². The maximum Gasteiger partial charge on any atom is 0.309 e. The van der Waals surface area contributed by atoms with Crippen molar-refractivity contribution in [3.8, 4) is 0 Å². The Balaban J connectivity index is 1.94. The molecule has 0 radical (unpaired) electrons. The Hall–Kier alpha value is -0.610. The van der Waals surface area contributed by atoms with Gasteiger partial charge in [-0.1, -0.05) is 6.92 Å². The lowest BCUT2D eigenvalue weighted by molar-refractivity contribution is -0.147. The number of fused-ring (bicyclic) bond motifs is 1. The summed E-state index contributed by atoms with van der Waals surface area (Å²) in [6, 6.07) is 1.03. The van der Waals surface area contributed by atoms with Gasteiger partial charge >= 0.3 is 5.97 Å². The highest BCUT2D eigenvalue weighted by Gasteiger charge is 2.37. The molecule has 0 aromatic carbocycles. The van der Waals surface area contributed by atoms with Gasteiger partial charge in [0, 0.05) is 18.6 Å². The number of nitrogens with zero attached hydrogens (tertiary/aromatic N) is 2. The molecular weight excluding hydrogens is 240 g/mol. The van der Waals surface area contributed by atoms with Crippen molar-refractivity contribution in [2.24, 2.45) is 11.8 Å². The van der Waals surface area contributed by atoms with Crippen LogP contribution in [0.3, 0.4) is 0 Å². The highest BCUT2D eigenvalue weighted by atomic mass is 16.5. The minimum absolute atomic E-state index is 0.0390. The van der Waals surface area contributed by atoms with Gasteiger partial charge < -0.3 is 9.64 Å². The number of ether oxygens (including phenoxy) is 1. The number of esters is 1. The zero-order valence-electron chi connectivity index (χ0n) is 12.8. The van der Waals surface area contributed by atoms with Gasteiger partial charge in [0.1, 0.15) is 0 Å². The van der Waals surface area contributed by atoms with Crippen LogP contribution in [0.25, 0.3) is 0 Å². The molecule has 19 heavy (non-hydrogen) atoms. The van der Waals surface area contributed by atoms with Crippen LogP contribution in [-0.2, 0) is 9.53 Å². The first-order valence-corrected chi connectivity index (χ1v) is 7.56. The van der Waals surface area contributed by atoms with Crippen LogP contribution < -0.4 is 0 Å². The Bertz CT molecular complexity index is 321. The van der Waals surface area contributed by atoms with Gasteiger partial charge in [-0.15, -0.1) is 0 Å². The number of carbonyl (C=O) groups is 1. The van der Waals surface area contributed by atoms with Crippen molar-refractivity contribution in [2.45, 2.75) is 45.2 Å². The number of hydrogen-bond acceptors (Lipinski definition) is 4. The molecule has 2 fully saturated rings. The molecule has 4 heteroatoms. The number of hydrogen-bond donors (Lipinski definition) is 0. The fraction of sp³-hybridized carbons (Fsp3) is 0.933. The molecule has 2 rings (SSSR count). The van der Waals surface area contributed by atoms with E-state index < -0.39 is 0 Å².